The molecule has 136 valence electrons. The molecule has 0 radical (unpaired) electrons. The summed E-state index contributed by atoms with van der Waals surface area (Å²) in [5.41, 5.74) is 0. The molecule has 1 fully saturated rings. The second-order valence-corrected chi connectivity index (χ2v) is 14.1. The third kappa shape index (κ3) is 5.14. The molecular weight excluding hydrogens is 374 g/mol. The number of thioether (sulfide) groups is 1. The zero-order chi connectivity index (χ0) is 17.9. The van der Waals surface area contributed by atoms with Gasteiger partial charge >= 0.3 is 0 Å². The Kier molecular flexibility index (Phi) is 5.95. The number of nitrogens with one attached hydrogen (secondary N) is 3. The molecule has 10 heteroatoms. The lowest BCUT2D eigenvalue weighted by molar-refractivity contribution is -0.118. The van der Waals surface area contributed by atoms with E-state index in [9.17, 15) is 4.79 Å². The number of piperazine rings is 1. The second kappa shape index (κ2) is 8.00. The van der Waals surface area contributed by atoms with Crippen LogP contribution in [0, 0.1) is 0 Å². The minimum atomic E-state index is -1.46. The molecule has 25 heavy (non-hydrogen) atoms. The topological polar surface area (TPSA) is 92.1 Å². The zero-order valence-corrected chi connectivity index (χ0v) is 17.2. The lowest BCUT2D eigenvalue weighted by Crippen LogP contribution is -2.54. The van der Waals surface area contributed by atoms with E-state index < -0.39 is 8.07 Å². The van der Waals surface area contributed by atoms with Gasteiger partial charge in [-0.05, 0) is 0 Å². The fraction of sp³-hybridized carbons (Fsp3) is 0.533. The van der Waals surface area contributed by atoms with Crippen molar-refractivity contribution in [1.82, 2.24) is 20.6 Å². The summed E-state index contributed by atoms with van der Waals surface area (Å²) in [5, 5.41) is 10.9. The van der Waals surface area contributed by atoms with E-state index in [1.54, 1.807) is 18.0 Å². The Balaban J connectivity index is 1.51. The highest BCUT2D eigenvalue weighted by Gasteiger charge is 2.22. The van der Waals surface area contributed by atoms with E-state index in [0.29, 0.717) is 17.4 Å². The van der Waals surface area contributed by atoms with Gasteiger partial charge in [0, 0.05) is 19.6 Å². The second-order valence-electron chi connectivity index (χ2n) is 6.84. The van der Waals surface area contributed by atoms with Crippen LogP contribution < -0.4 is 21.3 Å². The number of aromatic nitrogens is 2. The van der Waals surface area contributed by atoms with Crippen molar-refractivity contribution in [2.75, 3.05) is 25.0 Å². The number of thiazole rings is 1. The fourth-order valence-electron chi connectivity index (χ4n) is 2.27. The highest BCUT2D eigenvalue weighted by molar-refractivity contribution is 8.00. The maximum absolute atomic E-state index is 12.2. The molecule has 1 unspecified atom stereocenters. The molecule has 2 aromatic rings. The van der Waals surface area contributed by atoms with Crippen LogP contribution >= 0.6 is 23.1 Å². The number of hydrogen-bond acceptors (Lipinski definition) is 8. The Hall–Kier alpha value is -1.20. The summed E-state index contributed by atoms with van der Waals surface area (Å²) in [7, 11) is -1.46. The zero-order valence-electron chi connectivity index (χ0n) is 14.6. The van der Waals surface area contributed by atoms with Crippen molar-refractivity contribution in [3.63, 3.8) is 0 Å². The first-order valence-corrected chi connectivity index (χ1v) is 13.5. The maximum atomic E-state index is 12.2. The molecule has 2 aromatic heterocycles. The first-order chi connectivity index (χ1) is 11.9. The number of amides is 1. The summed E-state index contributed by atoms with van der Waals surface area (Å²) in [5.74, 6) is 1.35. The van der Waals surface area contributed by atoms with E-state index in [2.05, 4.69) is 45.6 Å². The monoisotopic (exact) mass is 397 g/mol. The molecule has 0 aromatic carbocycles. The summed E-state index contributed by atoms with van der Waals surface area (Å²) < 4.78 is 6.88. The summed E-state index contributed by atoms with van der Waals surface area (Å²) in [6, 6.07) is -0.207. The predicted molar refractivity (Wildman–Crippen MR) is 104 cm³/mol. The SMILES string of the molecule is C[Si](C)(C)c1cnc(CSc2cnc(NC(=O)C3CNCCN3)s2)o1. The van der Waals surface area contributed by atoms with Crippen LogP contribution in [0.1, 0.15) is 5.89 Å². The van der Waals surface area contributed by atoms with Gasteiger partial charge in [-0.1, -0.05) is 31.0 Å². The summed E-state index contributed by atoms with van der Waals surface area (Å²) in [6.45, 7) is 9.04. The van der Waals surface area contributed by atoms with Gasteiger partial charge in [0.15, 0.2) is 5.13 Å². The Labute approximate surface area is 156 Å². The Bertz CT molecular complexity index is 722. The molecule has 1 aliphatic heterocycles. The summed E-state index contributed by atoms with van der Waals surface area (Å²) in [4.78, 5) is 20.8. The molecule has 3 N–H and O–H groups in total. The van der Waals surface area contributed by atoms with Crippen LogP contribution in [0.15, 0.2) is 21.0 Å². The maximum Gasteiger partial charge on any atom is 0.244 e. The molecule has 7 nitrogen and oxygen atoms in total. The summed E-state index contributed by atoms with van der Waals surface area (Å²) in [6.07, 6.45) is 3.63. The van der Waals surface area contributed by atoms with Crippen LogP contribution in [0.4, 0.5) is 5.13 Å². The van der Waals surface area contributed by atoms with Crippen molar-refractivity contribution in [1.29, 1.82) is 0 Å². The van der Waals surface area contributed by atoms with Gasteiger partial charge in [0.1, 0.15) is 13.5 Å². The number of rotatable bonds is 6. The van der Waals surface area contributed by atoms with Gasteiger partial charge in [-0.25, -0.2) is 9.97 Å². The minimum Gasteiger partial charge on any atom is -0.450 e. The number of carbonyl (C=O) groups is 1. The average Bonchev–Trinajstić information content (AvgIpc) is 3.22. The highest BCUT2D eigenvalue weighted by atomic mass is 32.2. The molecule has 0 spiro atoms. The third-order valence-corrected chi connectivity index (χ3v) is 7.50. The molecule has 1 atom stereocenters. The molecular formula is C15H23N5O2S2Si. The minimum absolute atomic E-state index is 0.0504. The molecule has 1 aliphatic rings. The average molecular weight is 398 g/mol. The van der Waals surface area contributed by atoms with Crippen LogP contribution in [-0.4, -0.2) is 49.6 Å². The standard InChI is InChI=1S/C15H23N5O2S2Si/c1-25(2,3)12-7-18-11(22-12)9-23-13-8-19-15(24-13)20-14(21)10-6-16-4-5-17-10/h7-8,10,16-17H,4-6,9H2,1-3H3,(H,19,20,21). The Morgan fingerprint density at radius 1 is 1.40 bits per heavy atom. The lowest BCUT2D eigenvalue weighted by Gasteiger charge is -2.22. The smallest absolute Gasteiger partial charge is 0.244 e. The van der Waals surface area contributed by atoms with Gasteiger partial charge in [0.05, 0.1) is 28.4 Å². The Morgan fingerprint density at radius 3 is 2.92 bits per heavy atom. The van der Waals surface area contributed by atoms with Gasteiger partial charge < -0.3 is 20.4 Å². The van der Waals surface area contributed by atoms with Crippen LogP contribution in [0.2, 0.25) is 19.6 Å². The van der Waals surface area contributed by atoms with Crippen molar-refractivity contribution in [3.8, 4) is 0 Å². The molecule has 1 saturated heterocycles. The number of carbonyl (C=O) groups excluding carboxylic acids is 1. The molecule has 3 heterocycles. The molecule has 0 aliphatic carbocycles. The van der Waals surface area contributed by atoms with Gasteiger partial charge in [-0.3, -0.25) is 4.79 Å². The van der Waals surface area contributed by atoms with Crippen LogP contribution in [-0.2, 0) is 10.5 Å². The van der Waals surface area contributed by atoms with Gasteiger partial charge in [0.25, 0.3) is 0 Å². The largest absolute Gasteiger partial charge is 0.450 e. The molecule has 1 amide bonds. The number of nitrogens with zero attached hydrogens (tertiary/aromatic N) is 2. The Morgan fingerprint density at radius 2 is 2.24 bits per heavy atom. The molecule has 0 bridgehead atoms. The van der Waals surface area contributed by atoms with E-state index in [0.717, 1.165) is 28.6 Å². The van der Waals surface area contributed by atoms with Crippen molar-refractivity contribution in [3.05, 3.63) is 18.3 Å². The van der Waals surface area contributed by atoms with Crippen LogP contribution in [0.25, 0.3) is 0 Å². The molecule has 3 rings (SSSR count). The van der Waals surface area contributed by atoms with Crippen molar-refractivity contribution >= 4 is 47.6 Å². The third-order valence-electron chi connectivity index (χ3n) is 3.70. The van der Waals surface area contributed by atoms with E-state index in [1.807, 2.05) is 6.20 Å². The normalized spacial score (nSPS) is 18.3. The lowest BCUT2D eigenvalue weighted by atomic mass is 10.2. The van der Waals surface area contributed by atoms with Crippen molar-refractivity contribution in [2.45, 2.75) is 35.6 Å². The van der Waals surface area contributed by atoms with Crippen LogP contribution in [0.5, 0.6) is 0 Å². The first kappa shape index (κ1) is 18.6. The van der Waals surface area contributed by atoms with Crippen molar-refractivity contribution in [2.24, 2.45) is 0 Å². The van der Waals surface area contributed by atoms with Gasteiger partial charge in [0.2, 0.25) is 11.8 Å². The van der Waals surface area contributed by atoms with E-state index in [1.165, 1.54) is 11.3 Å². The predicted octanol–water partition coefficient (Wildman–Crippen LogP) is 1.47. The van der Waals surface area contributed by atoms with Gasteiger partial charge in [-0.2, -0.15) is 0 Å². The fourth-order valence-corrected chi connectivity index (χ4v) is 4.88. The van der Waals surface area contributed by atoms with Gasteiger partial charge in [-0.15, -0.1) is 11.8 Å². The number of hydrogen-bond donors (Lipinski definition) is 3. The quantitative estimate of drug-likeness (QED) is 0.502. The van der Waals surface area contributed by atoms with E-state index in [-0.39, 0.29) is 11.9 Å². The van der Waals surface area contributed by atoms with Crippen molar-refractivity contribution < 1.29 is 9.21 Å². The highest BCUT2D eigenvalue weighted by Crippen LogP contribution is 2.30. The van der Waals surface area contributed by atoms with Crippen LogP contribution in [0.3, 0.4) is 0 Å². The molecule has 0 saturated carbocycles. The summed E-state index contributed by atoms with van der Waals surface area (Å²) >= 11 is 3.08. The number of oxazole rings is 1. The number of anilines is 1. The van der Waals surface area contributed by atoms with E-state index in [4.69, 9.17) is 4.42 Å². The first-order valence-electron chi connectivity index (χ1n) is 8.20. The van der Waals surface area contributed by atoms with E-state index >= 15 is 0 Å².